The lowest BCUT2D eigenvalue weighted by atomic mass is 10.0. The number of carbonyl (C=O) groups is 2. The SMILES string of the molecule is CC(C)[C@H](N)C(=O)NCC(=O)N1CCCCC1CNS(C)(=O)=O.Cl. The number of hydrogen-bond acceptors (Lipinski definition) is 5. The van der Waals surface area contributed by atoms with Crippen LogP contribution in [0, 0.1) is 5.92 Å². The summed E-state index contributed by atoms with van der Waals surface area (Å²) in [5.74, 6) is -0.572. The van der Waals surface area contributed by atoms with E-state index in [4.69, 9.17) is 5.73 Å². The highest BCUT2D eigenvalue weighted by molar-refractivity contribution is 7.88. The maximum atomic E-state index is 12.3. The molecule has 8 nitrogen and oxygen atoms in total. The molecule has 0 spiro atoms. The average Bonchev–Trinajstić information content (AvgIpc) is 2.48. The van der Waals surface area contributed by atoms with Gasteiger partial charge in [-0.3, -0.25) is 9.59 Å². The number of hydrogen-bond donors (Lipinski definition) is 3. The Morgan fingerprint density at radius 3 is 2.46 bits per heavy atom. The Kier molecular flexibility index (Phi) is 9.79. The Hall–Kier alpha value is -0.900. The maximum Gasteiger partial charge on any atom is 0.242 e. The molecule has 1 aliphatic heterocycles. The third kappa shape index (κ3) is 7.78. The molecule has 0 radical (unpaired) electrons. The number of sulfonamides is 1. The van der Waals surface area contributed by atoms with Crippen LogP contribution in [0.2, 0.25) is 0 Å². The Bertz CT molecular complexity index is 527. The number of likely N-dealkylation sites (tertiary alicyclic amines) is 1. The van der Waals surface area contributed by atoms with Crippen molar-refractivity contribution in [2.24, 2.45) is 11.7 Å². The molecule has 0 aliphatic carbocycles. The summed E-state index contributed by atoms with van der Waals surface area (Å²) in [6.07, 6.45) is 3.66. The van der Waals surface area contributed by atoms with E-state index in [1.54, 1.807) is 4.90 Å². The molecule has 1 saturated heterocycles. The van der Waals surface area contributed by atoms with Crippen molar-refractivity contribution in [2.45, 2.75) is 45.2 Å². The van der Waals surface area contributed by atoms with Gasteiger partial charge < -0.3 is 16.0 Å². The summed E-state index contributed by atoms with van der Waals surface area (Å²) < 4.78 is 24.9. The molecule has 1 unspecified atom stereocenters. The fraction of sp³-hybridized carbons (Fsp3) is 0.857. The summed E-state index contributed by atoms with van der Waals surface area (Å²) in [7, 11) is -3.29. The van der Waals surface area contributed by atoms with E-state index < -0.39 is 16.1 Å². The van der Waals surface area contributed by atoms with Gasteiger partial charge in [0.05, 0.1) is 18.8 Å². The summed E-state index contributed by atoms with van der Waals surface area (Å²) in [5.41, 5.74) is 5.73. The minimum Gasteiger partial charge on any atom is -0.346 e. The smallest absolute Gasteiger partial charge is 0.242 e. The van der Waals surface area contributed by atoms with E-state index in [-0.39, 0.29) is 49.3 Å². The van der Waals surface area contributed by atoms with Crippen LogP contribution in [0.4, 0.5) is 0 Å². The molecule has 1 rings (SSSR count). The Balaban J connectivity index is 0.00000529. The molecule has 142 valence electrons. The Labute approximate surface area is 150 Å². The maximum absolute atomic E-state index is 12.3. The van der Waals surface area contributed by atoms with E-state index in [0.717, 1.165) is 25.5 Å². The molecule has 0 aromatic rings. The van der Waals surface area contributed by atoms with Crippen LogP contribution in [-0.2, 0) is 19.6 Å². The monoisotopic (exact) mass is 384 g/mol. The largest absolute Gasteiger partial charge is 0.346 e. The first-order chi connectivity index (χ1) is 10.6. The zero-order valence-electron chi connectivity index (χ0n) is 14.4. The molecule has 24 heavy (non-hydrogen) atoms. The topological polar surface area (TPSA) is 122 Å². The normalized spacial score (nSPS) is 19.5. The zero-order valence-corrected chi connectivity index (χ0v) is 16.1. The third-order valence-electron chi connectivity index (χ3n) is 3.96. The molecular formula is C14H29ClN4O4S. The van der Waals surface area contributed by atoms with Crippen LogP contribution in [0.15, 0.2) is 0 Å². The molecule has 0 aromatic carbocycles. The second-order valence-corrected chi connectivity index (χ2v) is 8.18. The van der Waals surface area contributed by atoms with Crippen molar-refractivity contribution in [3.05, 3.63) is 0 Å². The summed E-state index contributed by atoms with van der Waals surface area (Å²) in [5, 5.41) is 2.56. The van der Waals surface area contributed by atoms with Crippen molar-refractivity contribution in [3.8, 4) is 0 Å². The first-order valence-electron chi connectivity index (χ1n) is 7.89. The number of carbonyl (C=O) groups excluding carboxylic acids is 2. The molecule has 10 heteroatoms. The van der Waals surface area contributed by atoms with E-state index >= 15 is 0 Å². The average molecular weight is 385 g/mol. The molecule has 2 atom stereocenters. The van der Waals surface area contributed by atoms with Crippen LogP contribution in [0.1, 0.15) is 33.1 Å². The van der Waals surface area contributed by atoms with E-state index in [1.165, 1.54) is 0 Å². The highest BCUT2D eigenvalue weighted by Gasteiger charge is 2.28. The van der Waals surface area contributed by atoms with Crippen molar-refractivity contribution in [2.75, 3.05) is 25.9 Å². The van der Waals surface area contributed by atoms with E-state index in [9.17, 15) is 18.0 Å². The van der Waals surface area contributed by atoms with Crippen LogP contribution in [0.3, 0.4) is 0 Å². The van der Waals surface area contributed by atoms with Crippen LogP contribution in [-0.4, -0.2) is 63.1 Å². The van der Waals surface area contributed by atoms with Crippen molar-refractivity contribution in [1.29, 1.82) is 0 Å². The molecule has 0 aromatic heterocycles. The number of amides is 2. The fourth-order valence-corrected chi connectivity index (χ4v) is 2.97. The minimum absolute atomic E-state index is 0. The van der Waals surface area contributed by atoms with Gasteiger partial charge in [0.2, 0.25) is 21.8 Å². The molecule has 1 aliphatic rings. The lowest BCUT2D eigenvalue weighted by Gasteiger charge is -2.36. The highest BCUT2D eigenvalue weighted by atomic mass is 35.5. The lowest BCUT2D eigenvalue weighted by molar-refractivity contribution is -0.136. The standard InChI is InChI=1S/C14H28N4O4S.ClH/c1-10(2)13(15)14(20)16-9-12(19)18-7-5-4-6-11(18)8-17-23(3,21)22;/h10-11,13,17H,4-9,15H2,1-3H3,(H,16,20);1H/t11?,13-;/m0./s1. The molecule has 2 amide bonds. The van der Waals surface area contributed by atoms with Gasteiger partial charge >= 0.3 is 0 Å². The zero-order chi connectivity index (χ0) is 17.6. The number of rotatable bonds is 7. The van der Waals surface area contributed by atoms with Crippen LogP contribution >= 0.6 is 12.4 Å². The quantitative estimate of drug-likeness (QED) is 0.543. The Morgan fingerprint density at radius 2 is 1.92 bits per heavy atom. The molecule has 1 fully saturated rings. The molecular weight excluding hydrogens is 356 g/mol. The predicted octanol–water partition coefficient (Wildman–Crippen LogP) is -0.562. The van der Waals surface area contributed by atoms with Gasteiger partial charge in [-0.05, 0) is 25.2 Å². The van der Waals surface area contributed by atoms with E-state index in [2.05, 4.69) is 10.0 Å². The van der Waals surface area contributed by atoms with Crippen molar-refractivity contribution in [3.63, 3.8) is 0 Å². The molecule has 1 heterocycles. The summed E-state index contributed by atoms with van der Waals surface area (Å²) in [6.45, 7) is 4.33. The second-order valence-electron chi connectivity index (χ2n) is 6.34. The summed E-state index contributed by atoms with van der Waals surface area (Å²) in [4.78, 5) is 25.8. The number of halogens is 1. The van der Waals surface area contributed by atoms with Gasteiger partial charge in [0.25, 0.3) is 0 Å². The second kappa shape index (κ2) is 10.2. The van der Waals surface area contributed by atoms with Gasteiger partial charge in [-0.2, -0.15) is 0 Å². The number of nitrogens with two attached hydrogens (primary N) is 1. The van der Waals surface area contributed by atoms with Crippen LogP contribution < -0.4 is 15.8 Å². The minimum atomic E-state index is -3.29. The molecule has 0 saturated carbocycles. The van der Waals surface area contributed by atoms with Gasteiger partial charge in [0.1, 0.15) is 0 Å². The van der Waals surface area contributed by atoms with Gasteiger partial charge in [-0.25, -0.2) is 13.1 Å². The molecule has 4 N–H and O–H groups in total. The van der Waals surface area contributed by atoms with Crippen molar-refractivity contribution >= 4 is 34.2 Å². The first kappa shape index (κ1) is 23.1. The number of nitrogens with one attached hydrogen (secondary N) is 2. The van der Waals surface area contributed by atoms with Crippen molar-refractivity contribution < 1.29 is 18.0 Å². The fourth-order valence-electron chi connectivity index (χ4n) is 2.47. The van der Waals surface area contributed by atoms with Gasteiger partial charge in [0, 0.05) is 19.1 Å². The van der Waals surface area contributed by atoms with Gasteiger partial charge in [0.15, 0.2) is 0 Å². The molecule has 0 bridgehead atoms. The summed E-state index contributed by atoms with van der Waals surface area (Å²) in [6, 6.07) is -0.825. The van der Waals surface area contributed by atoms with E-state index in [1.807, 2.05) is 13.8 Å². The van der Waals surface area contributed by atoms with E-state index in [0.29, 0.717) is 6.54 Å². The highest BCUT2D eigenvalue weighted by Crippen LogP contribution is 2.16. The van der Waals surface area contributed by atoms with Gasteiger partial charge in [-0.15, -0.1) is 12.4 Å². The van der Waals surface area contributed by atoms with Gasteiger partial charge in [-0.1, -0.05) is 13.8 Å². The Morgan fingerprint density at radius 1 is 1.29 bits per heavy atom. The third-order valence-corrected chi connectivity index (χ3v) is 4.65. The van der Waals surface area contributed by atoms with Crippen LogP contribution in [0.5, 0.6) is 0 Å². The lowest BCUT2D eigenvalue weighted by Crippen LogP contribution is -2.53. The number of nitrogens with zero attached hydrogens (tertiary/aromatic N) is 1. The van der Waals surface area contributed by atoms with Crippen molar-refractivity contribution in [1.82, 2.24) is 14.9 Å². The summed E-state index contributed by atoms with van der Waals surface area (Å²) >= 11 is 0. The first-order valence-corrected chi connectivity index (χ1v) is 9.78. The predicted molar refractivity (Wildman–Crippen MR) is 95.3 cm³/mol. The van der Waals surface area contributed by atoms with Crippen LogP contribution in [0.25, 0.3) is 0 Å². The number of piperidine rings is 1.